The summed E-state index contributed by atoms with van der Waals surface area (Å²) in [5.41, 5.74) is 1.97. The maximum absolute atomic E-state index is 13.1. The summed E-state index contributed by atoms with van der Waals surface area (Å²) in [5, 5.41) is 3.19. The number of thiazole rings is 1. The summed E-state index contributed by atoms with van der Waals surface area (Å²) in [5.74, 6) is 0.808. The number of rotatable bonds is 6. The van der Waals surface area contributed by atoms with Gasteiger partial charge in [0.2, 0.25) is 0 Å². The van der Waals surface area contributed by atoms with Gasteiger partial charge in [-0.3, -0.25) is 14.8 Å². The van der Waals surface area contributed by atoms with Crippen molar-refractivity contribution in [3.8, 4) is 22.8 Å². The zero-order chi connectivity index (χ0) is 23.7. The van der Waals surface area contributed by atoms with Crippen LogP contribution in [0.5, 0.6) is 11.5 Å². The summed E-state index contributed by atoms with van der Waals surface area (Å²) in [7, 11) is -2.42. The molecule has 1 amide bonds. The molecule has 0 radical (unpaired) electrons. The molecule has 0 bridgehead atoms. The molecule has 8 nitrogen and oxygen atoms in total. The topological polar surface area (TPSA) is 107 Å². The lowest BCUT2D eigenvalue weighted by Gasteiger charge is -2.15. The van der Waals surface area contributed by atoms with Gasteiger partial charge in [0.25, 0.3) is 15.9 Å². The first-order chi connectivity index (χ1) is 16.4. The monoisotopic (exact) mass is 493 g/mol. The van der Waals surface area contributed by atoms with Crippen LogP contribution in [0.3, 0.4) is 0 Å². The van der Waals surface area contributed by atoms with Gasteiger partial charge >= 0.3 is 0 Å². The van der Waals surface area contributed by atoms with Gasteiger partial charge in [0.15, 0.2) is 5.13 Å². The predicted molar refractivity (Wildman–Crippen MR) is 130 cm³/mol. The summed E-state index contributed by atoms with van der Waals surface area (Å²) in [6, 6.07) is 20.0. The standard InChI is InChI=1S/C24H19N3O5S2/c1-31-15-10-12-16(13-11-15)34(29,30)27-19-8-4-2-6-17(19)23(28)26-24-25-22-18-7-3-5-9-20(18)32-14-21(22)33-24/h2-13,27H,14H2,1H3,(H,25,26,28). The Balaban J connectivity index is 1.39. The van der Waals surface area contributed by atoms with Gasteiger partial charge < -0.3 is 9.47 Å². The van der Waals surface area contributed by atoms with Crippen LogP contribution >= 0.6 is 11.3 Å². The Kier molecular flexibility index (Phi) is 5.68. The SMILES string of the molecule is COc1ccc(S(=O)(=O)Nc2ccccc2C(=O)Nc2nc3c(s2)COc2ccccc2-3)cc1. The molecule has 2 N–H and O–H groups in total. The normalized spacial score (nSPS) is 12.1. The number of methoxy groups -OCH3 is 1. The number of anilines is 2. The zero-order valence-corrected chi connectivity index (χ0v) is 19.6. The highest BCUT2D eigenvalue weighted by atomic mass is 32.2. The van der Waals surface area contributed by atoms with Crippen molar-refractivity contribution in [2.75, 3.05) is 17.1 Å². The fourth-order valence-electron chi connectivity index (χ4n) is 3.54. The molecule has 0 fully saturated rings. The van der Waals surface area contributed by atoms with Crippen LogP contribution in [-0.2, 0) is 16.6 Å². The summed E-state index contributed by atoms with van der Waals surface area (Å²) in [6.45, 7) is 0.373. The number of nitrogens with zero attached hydrogens (tertiary/aromatic N) is 1. The van der Waals surface area contributed by atoms with Crippen molar-refractivity contribution in [2.45, 2.75) is 11.5 Å². The van der Waals surface area contributed by atoms with Gasteiger partial charge in [0.1, 0.15) is 18.1 Å². The van der Waals surface area contributed by atoms with Gasteiger partial charge in [0, 0.05) is 5.56 Å². The lowest BCUT2D eigenvalue weighted by molar-refractivity contribution is 0.102. The van der Waals surface area contributed by atoms with E-state index in [2.05, 4.69) is 15.0 Å². The van der Waals surface area contributed by atoms with Gasteiger partial charge in [0.05, 0.1) is 33.8 Å². The quantitative estimate of drug-likeness (QED) is 0.401. The number of hydrogen-bond acceptors (Lipinski definition) is 7. The number of para-hydroxylation sites is 2. The van der Waals surface area contributed by atoms with E-state index in [4.69, 9.17) is 9.47 Å². The van der Waals surface area contributed by atoms with Gasteiger partial charge in [-0.25, -0.2) is 13.4 Å². The lowest BCUT2D eigenvalue weighted by atomic mass is 10.1. The minimum absolute atomic E-state index is 0.0507. The molecule has 1 aromatic heterocycles. The maximum Gasteiger partial charge on any atom is 0.261 e. The van der Waals surface area contributed by atoms with Gasteiger partial charge in [-0.2, -0.15) is 0 Å². The molecule has 1 aliphatic heterocycles. The zero-order valence-electron chi connectivity index (χ0n) is 17.9. The van der Waals surface area contributed by atoms with E-state index in [0.717, 1.165) is 21.9 Å². The molecule has 172 valence electrons. The molecule has 4 aromatic rings. The molecule has 0 saturated heterocycles. The minimum Gasteiger partial charge on any atom is -0.497 e. The molecule has 34 heavy (non-hydrogen) atoms. The lowest BCUT2D eigenvalue weighted by Crippen LogP contribution is -2.18. The molecule has 5 rings (SSSR count). The molecule has 0 aliphatic carbocycles. The number of hydrogen-bond donors (Lipinski definition) is 2. The van der Waals surface area contributed by atoms with E-state index in [1.54, 1.807) is 30.3 Å². The fraction of sp³-hybridized carbons (Fsp3) is 0.0833. The first-order valence-corrected chi connectivity index (χ1v) is 12.5. The molecular weight excluding hydrogens is 474 g/mol. The van der Waals surface area contributed by atoms with Crippen LogP contribution in [0.25, 0.3) is 11.3 Å². The number of ether oxygens (including phenoxy) is 2. The number of carbonyl (C=O) groups is 1. The van der Waals surface area contributed by atoms with Gasteiger partial charge in [-0.15, -0.1) is 0 Å². The van der Waals surface area contributed by atoms with Crippen molar-refractivity contribution in [1.29, 1.82) is 0 Å². The summed E-state index contributed by atoms with van der Waals surface area (Å²) in [4.78, 5) is 18.6. The molecule has 1 aliphatic rings. The highest BCUT2D eigenvalue weighted by molar-refractivity contribution is 7.92. The van der Waals surface area contributed by atoms with Crippen LogP contribution in [0.4, 0.5) is 10.8 Å². The second-order valence-corrected chi connectivity index (χ2v) is 10.1. The molecule has 0 saturated carbocycles. The van der Waals surface area contributed by atoms with Crippen molar-refractivity contribution in [2.24, 2.45) is 0 Å². The van der Waals surface area contributed by atoms with E-state index in [1.807, 2.05) is 24.3 Å². The average Bonchev–Trinajstić information content (AvgIpc) is 3.27. The molecule has 2 heterocycles. The molecule has 0 atom stereocenters. The van der Waals surface area contributed by atoms with Crippen molar-refractivity contribution >= 4 is 38.1 Å². The van der Waals surface area contributed by atoms with Crippen molar-refractivity contribution < 1.29 is 22.7 Å². The Morgan fingerprint density at radius 3 is 2.56 bits per heavy atom. The van der Waals surface area contributed by atoms with Crippen LogP contribution in [0.2, 0.25) is 0 Å². The highest BCUT2D eigenvalue weighted by Crippen LogP contribution is 2.40. The summed E-state index contributed by atoms with van der Waals surface area (Å²) in [6.07, 6.45) is 0. The Bertz CT molecular complexity index is 1480. The second-order valence-electron chi connectivity index (χ2n) is 7.36. The van der Waals surface area contributed by atoms with E-state index in [0.29, 0.717) is 17.5 Å². The Hall–Kier alpha value is -3.89. The first-order valence-electron chi connectivity index (χ1n) is 10.2. The predicted octanol–water partition coefficient (Wildman–Crippen LogP) is 4.76. The molecular formula is C24H19N3O5S2. The van der Waals surface area contributed by atoms with E-state index in [-0.39, 0.29) is 16.1 Å². The number of benzene rings is 3. The van der Waals surface area contributed by atoms with E-state index >= 15 is 0 Å². The number of carbonyl (C=O) groups excluding carboxylic acids is 1. The summed E-state index contributed by atoms with van der Waals surface area (Å²) < 4.78 is 39.1. The largest absolute Gasteiger partial charge is 0.497 e. The number of amides is 1. The Morgan fingerprint density at radius 1 is 1.03 bits per heavy atom. The van der Waals surface area contributed by atoms with E-state index < -0.39 is 15.9 Å². The van der Waals surface area contributed by atoms with Crippen LogP contribution in [-0.4, -0.2) is 26.4 Å². The fourth-order valence-corrected chi connectivity index (χ4v) is 5.50. The van der Waals surface area contributed by atoms with Crippen molar-refractivity contribution in [3.05, 3.63) is 83.2 Å². The first kappa shape index (κ1) is 21.9. The van der Waals surface area contributed by atoms with E-state index in [9.17, 15) is 13.2 Å². The van der Waals surface area contributed by atoms with Gasteiger partial charge in [-0.1, -0.05) is 35.6 Å². The number of sulfonamides is 1. The second kappa shape index (κ2) is 8.81. The molecule has 10 heteroatoms. The van der Waals surface area contributed by atoms with Crippen LogP contribution in [0.15, 0.2) is 77.7 Å². The minimum atomic E-state index is -3.92. The Labute approximate surface area is 200 Å². The molecule has 3 aromatic carbocycles. The van der Waals surface area contributed by atoms with Crippen molar-refractivity contribution in [1.82, 2.24) is 4.98 Å². The highest BCUT2D eigenvalue weighted by Gasteiger charge is 2.24. The third-order valence-corrected chi connectivity index (χ3v) is 7.53. The van der Waals surface area contributed by atoms with Crippen molar-refractivity contribution in [3.63, 3.8) is 0 Å². The number of aromatic nitrogens is 1. The molecule has 0 unspecified atom stereocenters. The maximum atomic E-state index is 13.1. The molecule has 0 spiro atoms. The van der Waals surface area contributed by atoms with Crippen LogP contribution in [0.1, 0.15) is 15.2 Å². The van der Waals surface area contributed by atoms with Crippen LogP contribution < -0.4 is 19.5 Å². The Morgan fingerprint density at radius 2 is 1.76 bits per heavy atom. The van der Waals surface area contributed by atoms with Crippen LogP contribution in [0, 0.1) is 0 Å². The average molecular weight is 494 g/mol. The van der Waals surface area contributed by atoms with E-state index in [1.165, 1.54) is 36.6 Å². The summed E-state index contributed by atoms with van der Waals surface area (Å²) >= 11 is 1.32. The number of fused-ring (bicyclic) bond motifs is 3. The third-order valence-electron chi connectivity index (χ3n) is 5.20. The number of nitrogens with one attached hydrogen (secondary N) is 2. The van der Waals surface area contributed by atoms with Gasteiger partial charge in [-0.05, 0) is 48.5 Å². The third kappa shape index (κ3) is 4.20. The smallest absolute Gasteiger partial charge is 0.261 e.